The lowest BCUT2D eigenvalue weighted by Gasteiger charge is -2.26. The van der Waals surface area contributed by atoms with Crippen LogP contribution in [0.4, 0.5) is 0 Å². The summed E-state index contributed by atoms with van der Waals surface area (Å²) in [6.45, 7) is 2.62. The highest BCUT2D eigenvalue weighted by Gasteiger charge is 2.33. The van der Waals surface area contributed by atoms with Crippen LogP contribution < -0.4 is 0 Å². The maximum atomic E-state index is 13.1. The molecular weight excluding hydrogens is 352 g/mol. The van der Waals surface area contributed by atoms with Crippen LogP contribution in [-0.2, 0) is 27.9 Å². The predicted molar refractivity (Wildman–Crippen MR) is 95.6 cm³/mol. The van der Waals surface area contributed by atoms with Gasteiger partial charge in [-0.3, -0.25) is 9.48 Å². The maximum Gasteiger partial charge on any atom is 0.243 e. The van der Waals surface area contributed by atoms with Crippen LogP contribution >= 0.6 is 0 Å². The predicted octanol–water partition coefficient (Wildman–Crippen LogP) is 1.33. The van der Waals surface area contributed by atoms with Crippen LogP contribution in [0.3, 0.4) is 0 Å². The number of amides is 1. The zero-order valence-electron chi connectivity index (χ0n) is 14.5. The first-order valence-electron chi connectivity index (χ1n) is 8.88. The highest BCUT2D eigenvalue weighted by Crippen LogP contribution is 2.24. The quantitative estimate of drug-likeness (QED) is 0.809. The van der Waals surface area contributed by atoms with Crippen LogP contribution in [0.1, 0.15) is 18.5 Å². The number of carbonyl (C=O) groups is 1. The van der Waals surface area contributed by atoms with Gasteiger partial charge in [-0.05, 0) is 24.6 Å². The minimum atomic E-state index is -3.60. The number of fused-ring (bicyclic) bond motifs is 1. The standard InChI is InChI=1S/C18H22N4O3S/c23-18-7-4-10-20(18)11-15-12-21(14-16-8-9-19-22(16)13-15)26(24,25)17-5-2-1-3-6-17/h1-3,5-6,8-9,15H,4,7,10-14H2. The Bertz CT molecular complexity index is 894. The van der Waals surface area contributed by atoms with Crippen molar-refractivity contribution in [2.75, 3.05) is 19.6 Å². The fourth-order valence-corrected chi connectivity index (χ4v) is 5.25. The van der Waals surface area contributed by atoms with Gasteiger partial charge in [0.2, 0.25) is 15.9 Å². The summed E-state index contributed by atoms with van der Waals surface area (Å²) in [5, 5.41) is 4.34. The van der Waals surface area contributed by atoms with Crippen molar-refractivity contribution in [3.05, 3.63) is 48.3 Å². The summed E-state index contributed by atoms with van der Waals surface area (Å²) >= 11 is 0. The molecule has 4 rings (SSSR count). The average Bonchev–Trinajstić information content (AvgIpc) is 3.20. The van der Waals surface area contributed by atoms with Crippen LogP contribution in [0.25, 0.3) is 0 Å². The van der Waals surface area contributed by atoms with E-state index in [2.05, 4.69) is 5.10 Å². The van der Waals surface area contributed by atoms with Crippen molar-refractivity contribution in [1.29, 1.82) is 0 Å². The average molecular weight is 374 g/mol. The normalized spacial score (nSPS) is 21.6. The molecule has 1 unspecified atom stereocenters. The fourth-order valence-electron chi connectivity index (χ4n) is 3.74. The number of aromatic nitrogens is 2. The van der Waals surface area contributed by atoms with Crippen molar-refractivity contribution in [3.63, 3.8) is 0 Å². The Hall–Kier alpha value is -2.19. The van der Waals surface area contributed by atoms with Crippen molar-refractivity contribution in [3.8, 4) is 0 Å². The molecule has 1 amide bonds. The summed E-state index contributed by atoms with van der Waals surface area (Å²) in [7, 11) is -3.60. The monoisotopic (exact) mass is 374 g/mol. The molecular formula is C18H22N4O3S. The van der Waals surface area contributed by atoms with Gasteiger partial charge in [-0.2, -0.15) is 9.40 Å². The Kier molecular flexibility index (Phi) is 4.54. The Labute approximate surface area is 153 Å². The number of likely N-dealkylation sites (tertiary alicyclic amines) is 1. The zero-order chi connectivity index (χ0) is 18.1. The Morgan fingerprint density at radius 3 is 2.65 bits per heavy atom. The van der Waals surface area contributed by atoms with Crippen molar-refractivity contribution in [1.82, 2.24) is 19.0 Å². The molecule has 1 aromatic heterocycles. The topological polar surface area (TPSA) is 75.5 Å². The molecule has 2 aliphatic heterocycles. The van der Waals surface area contributed by atoms with Crippen LogP contribution in [-0.4, -0.2) is 52.9 Å². The summed E-state index contributed by atoms with van der Waals surface area (Å²) in [5.74, 6) is 0.170. The molecule has 2 aliphatic rings. The molecule has 0 bridgehead atoms. The van der Waals surface area contributed by atoms with E-state index in [1.54, 1.807) is 36.5 Å². The van der Waals surface area contributed by atoms with E-state index in [0.717, 1.165) is 18.7 Å². The molecule has 26 heavy (non-hydrogen) atoms. The molecule has 8 heteroatoms. The second-order valence-electron chi connectivity index (χ2n) is 6.92. The molecule has 0 aliphatic carbocycles. The molecule has 3 heterocycles. The first-order valence-corrected chi connectivity index (χ1v) is 10.3. The van der Waals surface area contributed by atoms with Gasteiger partial charge in [0.25, 0.3) is 0 Å². The smallest absolute Gasteiger partial charge is 0.243 e. The van der Waals surface area contributed by atoms with Gasteiger partial charge >= 0.3 is 0 Å². The second-order valence-corrected chi connectivity index (χ2v) is 8.86. The first-order chi connectivity index (χ1) is 12.5. The Balaban J connectivity index is 1.63. The SMILES string of the molecule is O=C1CCCN1CC1CN(S(=O)(=O)c2ccccc2)Cc2ccnn2C1. The first kappa shape index (κ1) is 17.2. The van der Waals surface area contributed by atoms with E-state index in [-0.39, 0.29) is 11.8 Å². The third kappa shape index (κ3) is 3.26. The van der Waals surface area contributed by atoms with E-state index < -0.39 is 10.0 Å². The third-order valence-corrected chi connectivity index (χ3v) is 6.89. The van der Waals surface area contributed by atoms with Gasteiger partial charge < -0.3 is 4.90 Å². The molecule has 1 atom stereocenters. The highest BCUT2D eigenvalue weighted by atomic mass is 32.2. The van der Waals surface area contributed by atoms with Crippen molar-refractivity contribution in [2.45, 2.75) is 30.8 Å². The third-order valence-electron chi connectivity index (χ3n) is 5.07. The number of nitrogens with zero attached hydrogens (tertiary/aromatic N) is 4. The largest absolute Gasteiger partial charge is 0.342 e. The van der Waals surface area contributed by atoms with E-state index in [4.69, 9.17) is 0 Å². The Morgan fingerprint density at radius 1 is 1.12 bits per heavy atom. The van der Waals surface area contributed by atoms with Crippen molar-refractivity contribution >= 4 is 15.9 Å². The molecule has 2 aromatic rings. The van der Waals surface area contributed by atoms with Crippen LogP contribution in [0.5, 0.6) is 0 Å². The number of hydrogen-bond donors (Lipinski definition) is 0. The summed E-state index contributed by atoms with van der Waals surface area (Å²) in [6, 6.07) is 10.4. The van der Waals surface area contributed by atoms with Gasteiger partial charge in [0.05, 0.1) is 17.1 Å². The summed E-state index contributed by atoms with van der Waals surface area (Å²) < 4.78 is 29.7. The number of carbonyl (C=O) groups excluding carboxylic acids is 1. The van der Waals surface area contributed by atoms with Crippen LogP contribution in [0, 0.1) is 5.92 Å². The van der Waals surface area contributed by atoms with Gasteiger partial charge in [0.1, 0.15) is 0 Å². The number of sulfonamides is 1. The maximum absolute atomic E-state index is 13.1. The van der Waals surface area contributed by atoms with E-state index in [9.17, 15) is 13.2 Å². The summed E-state index contributed by atoms with van der Waals surface area (Å²) in [5.41, 5.74) is 0.875. The molecule has 0 spiro atoms. The molecule has 138 valence electrons. The lowest BCUT2D eigenvalue weighted by Crippen LogP contribution is -2.39. The number of benzene rings is 1. The van der Waals surface area contributed by atoms with Gasteiger partial charge in [-0.15, -0.1) is 0 Å². The molecule has 0 N–H and O–H groups in total. The lowest BCUT2D eigenvalue weighted by molar-refractivity contribution is -0.128. The van der Waals surface area contributed by atoms with Crippen molar-refractivity contribution < 1.29 is 13.2 Å². The van der Waals surface area contributed by atoms with Crippen molar-refractivity contribution in [2.24, 2.45) is 5.92 Å². The Morgan fingerprint density at radius 2 is 1.92 bits per heavy atom. The molecule has 1 saturated heterocycles. The summed E-state index contributed by atoms with van der Waals surface area (Å²) in [4.78, 5) is 14.2. The number of hydrogen-bond acceptors (Lipinski definition) is 4. The van der Waals surface area contributed by atoms with Gasteiger partial charge in [0, 0.05) is 44.7 Å². The van der Waals surface area contributed by atoms with E-state index in [1.165, 1.54) is 4.31 Å². The fraction of sp³-hybridized carbons (Fsp3) is 0.444. The lowest BCUT2D eigenvalue weighted by atomic mass is 10.1. The molecule has 7 nitrogen and oxygen atoms in total. The van der Waals surface area contributed by atoms with Gasteiger partial charge in [0.15, 0.2) is 0 Å². The minimum absolute atomic E-state index is 0.0108. The van der Waals surface area contributed by atoms with E-state index in [0.29, 0.717) is 37.5 Å². The highest BCUT2D eigenvalue weighted by molar-refractivity contribution is 7.89. The van der Waals surface area contributed by atoms with E-state index in [1.807, 2.05) is 15.6 Å². The van der Waals surface area contributed by atoms with Crippen LogP contribution in [0.2, 0.25) is 0 Å². The summed E-state index contributed by atoms with van der Waals surface area (Å²) in [6.07, 6.45) is 3.17. The number of rotatable bonds is 4. The molecule has 1 fully saturated rings. The molecule has 0 radical (unpaired) electrons. The van der Waals surface area contributed by atoms with Gasteiger partial charge in [-0.1, -0.05) is 18.2 Å². The van der Waals surface area contributed by atoms with Gasteiger partial charge in [-0.25, -0.2) is 8.42 Å². The van der Waals surface area contributed by atoms with E-state index >= 15 is 0 Å². The zero-order valence-corrected chi connectivity index (χ0v) is 15.3. The van der Waals surface area contributed by atoms with Crippen LogP contribution in [0.15, 0.2) is 47.5 Å². The molecule has 0 saturated carbocycles. The molecule has 1 aromatic carbocycles. The second kappa shape index (κ2) is 6.85. The minimum Gasteiger partial charge on any atom is -0.342 e.